The fourth-order valence-electron chi connectivity index (χ4n) is 3.79. The average Bonchev–Trinajstić information content (AvgIpc) is 3.01. The van der Waals surface area contributed by atoms with Gasteiger partial charge in [-0.25, -0.2) is 0 Å². The highest BCUT2D eigenvalue weighted by Gasteiger charge is 2.30. The molecule has 0 saturated carbocycles. The van der Waals surface area contributed by atoms with Crippen molar-refractivity contribution in [3.8, 4) is 0 Å². The lowest BCUT2D eigenvalue weighted by Crippen LogP contribution is -2.41. The fraction of sp³-hybridized carbons (Fsp3) is 0.625. The Balaban J connectivity index is 1.72. The molecule has 0 aliphatic carbocycles. The van der Waals surface area contributed by atoms with Crippen molar-refractivity contribution in [2.75, 3.05) is 24.5 Å². The maximum absolute atomic E-state index is 11.3. The first kappa shape index (κ1) is 14.3. The van der Waals surface area contributed by atoms with Crippen molar-refractivity contribution in [3.63, 3.8) is 0 Å². The van der Waals surface area contributed by atoms with Gasteiger partial charge in [-0.3, -0.25) is 10.1 Å². The molecule has 0 amide bonds. The van der Waals surface area contributed by atoms with Crippen LogP contribution in [0.25, 0.3) is 0 Å². The molecule has 1 aromatic rings. The van der Waals surface area contributed by atoms with E-state index in [9.17, 15) is 10.1 Å². The molecule has 0 bridgehead atoms. The van der Waals surface area contributed by atoms with E-state index in [1.807, 2.05) is 25.1 Å². The van der Waals surface area contributed by atoms with Gasteiger partial charge in [0.05, 0.1) is 4.92 Å². The number of nitrogens with zero attached hydrogens (tertiary/aromatic N) is 2. The Bertz CT molecular complexity index is 518. The van der Waals surface area contributed by atoms with Gasteiger partial charge in [0.25, 0.3) is 5.69 Å². The molecule has 2 fully saturated rings. The predicted molar refractivity (Wildman–Crippen MR) is 83.8 cm³/mol. The smallest absolute Gasteiger partial charge is 0.295 e. The number of rotatable bonds is 3. The van der Waals surface area contributed by atoms with Crippen LogP contribution >= 0.6 is 0 Å². The monoisotopic (exact) mass is 289 g/mol. The van der Waals surface area contributed by atoms with E-state index in [0.717, 1.165) is 49.6 Å². The van der Waals surface area contributed by atoms with Gasteiger partial charge in [0.1, 0.15) is 5.69 Å². The highest BCUT2D eigenvalue weighted by atomic mass is 16.6. The minimum atomic E-state index is -0.241. The Morgan fingerprint density at radius 3 is 2.67 bits per heavy atom. The van der Waals surface area contributed by atoms with Crippen LogP contribution in [0.1, 0.15) is 31.2 Å². The summed E-state index contributed by atoms with van der Waals surface area (Å²) in [4.78, 5) is 13.3. The largest absolute Gasteiger partial charge is 0.366 e. The molecule has 21 heavy (non-hydrogen) atoms. The molecule has 5 nitrogen and oxygen atoms in total. The minimum Gasteiger partial charge on any atom is -0.366 e. The van der Waals surface area contributed by atoms with Crippen LogP contribution in [0.2, 0.25) is 0 Å². The lowest BCUT2D eigenvalue weighted by molar-refractivity contribution is -0.384. The van der Waals surface area contributed by atoms with Crippen LogP contribution in [0.15, 0.2) is 18.2 Å². The Labute approximate surface area is 125 Å². The molecule has 5 heteroatoms. The van der Waals surface area contributed by atoms with Crippen molar-refractivity contribution in [3.05, 3.63) is 33.9 Å². The molecule has 1 aromatic carbocycles. The summed E-state index contributed by atoms with van der Waals surface area (Å²) in [6.45, 7) is 4.81. The van der Waals surface area contributed by atoms with Gasteiger partial charge >= 0.3 is 0 Å². The van der Waals surface area contributed by atoms with Gasteiger partial charge in [0, 0.05) is 24.7 Å². The zero-order valence-electron chi connectivity index (χ0n) is 12.5. The number of benzene rings is 1. The van der Waals surface area contributed by atoms with E-state index >= 15 is 0 Å². The molecule has 0 aromatic heterocycles. The second-order valence-corrected chi connectivity index (χ2v) is 6.23. The van der Waals surface area contributed by atoms with E-state index in [2.05, 4.69) is 10.2 Å². The molecule has 1 atom stereocenters. The van der Waals surface area contributed by atoms with Crippen molar-refractivity contribution < 1.29 is 4.92 Å². The summed E-state index contributed by atoms with van der Waals surface area (Å²) < 4.78 is 0. The van der Waals surface area contributed by atoms with Crippen LogP contribution in [0.3, 0.4) is 0 Å². The molecule has 1 unspecified atom stereocenters. The number of aryl methyl sites for hydroxylation is 1. The maximum atomic E-state index is 11.3. The van der Waals surface area contributed by atoms with E-state index in [0.29, 0.717) is 6.04 Å². The summed E-state index contributed by atoms with van der Waals surface area (Å²) in [7, 11) is 0. The zero-order chi connectivity index (χ0) is 14.8. The standard InChI is InChI=1S/C16H23N3O2/c1-12-4-2-6-15(16(12)19(20)21)18-10-7-13(8-11-18)14-5-3-9-17-14/h2,4,6,13-14,17H,3,5,7-11H2,1H3. The van der Waals surface area contributed by atoms with Crippen molar-refractivity contribution in [1.82, 2.24) is 5.32 Å². The van der Waals surface area contributed by atoms with Crippen molar-refractivity contribution in [2.24, 2.45) is 5.92 Å². The molecule has 2 aliphatic heterocycles. The van der Waals surface area contributed by atoms with Crippen molar-refractivity contribution in [1.29, 1.82) is 0 Å². The number of nitro groups is 1. The number of hydrogen-bond donors (Lipinski definition) is 1. The third-order valence-electron chi connectivity index (χ3n) is 4.95. The Hall–Kier alpha value is -1.62. The number of nitro benzene ring substituents is 1. The highest BCUT2D eigenvalue weighted by molar-refractivity contribution is 5.66. The van der Waals surface area contributed by atoms with Crippen LogP contribution in [0.5, 0.6) is 0 Å². The lowest BCUT2D eigenvalue weighted by atomic mass is 9.88. The van der Waals surface area contributed by atoms with Gasteiger partial charge in [-0.05, 0) is 51.1 Å². The molecule has 2 saturated heterocycles. The first-order chi connectivity index (χ1) is 10.2. The fourth-order valence-corrected chi connectivity index (χ4v) is 3.79. The molecule has 114 valence electrons. The van der Waals surface area contributed by atoms with Gasteiger partial charge in [0.15, 0.2) is 0 Å². The number of piperidine rings is 1. The zero-order valence-corrected chi connectivity index (χ0v) is 12.5. The molecule has 2 heterocycles. The van der Waals surface area contributed by atoms with Crippen LogP contribution in [-0.2, 0) is 0 Å². The van der Waals surface area contributed by atoms with Crippen LogP contribution in [0.4, 0.5) is 11.4 Å². The Morgan fingerprint density at radius 1 is 1.29 bits per heavy atom. The van der Waals surface area contributed by atoms with E-state index in [4.69, 9.17) is 0 Å². The first-order valence-electron chi connectivity index (χ1n) is 7.89. The quantitative estimate of drug-likeness (QED) is 0.686. The number of para-hydroxylation sites is 1. The topological polar surface area (TPSA) is 58.4 Å². The Kier molecular flexibility index (Phi) is 4.10. The average molecular weight is 289 g/mol. The molecular formula is C16H23N3O2. The van der Waals surface area contributed by atoms with E-state index < -0.39 is 0 Å². The number of nitrogens with one attached hydrogen (secondary N) is 1. The maximum Gasteiger partial charge on any atom is 0.295 e. The number of hydrogen-bond acceptors (Lipinski definition) is 4. The van der Waals surface area contributed by atoms with Gasteiger partial charge in [-0.15, -0.1) is 0 Å². The summed E-state index contributed by atoms with van der Waals surface area (Å²) in [5.41, 5.74) is 1.81. The molecule has 2 aliphatic rings. The molecule has 1 N–H and O–H groups in total. The van der Waals surface area contributed by atoms with Gasteiger partial charge in [-0.2, -0.15) is 0 Å². The Morgan fingerprint density at radius 2 is 2.05 bits per heavy atom. The SMILES string of the molecule is Cc1cccc(N2CCC(C3CCCN3)CC2)c1[N+](=O)[O-]. The van der Waals surface area contributed by atoms with Gasteiger partial charge in [-0.1, -0.05) is 12.1 Å². The predicted octanol–water partition coefficient (Wildman–Crippen LogP) is 2.87. The molecular weight excluding hydrogens is 266 g/mol. The van der Waals surface area contributed by atoms with Gasteiger partial charge < -0.3 is 10.2 Å². The molecule has 0 radical (unpaired) electrons. The summed E-state index contributed by atoms with van der Waals surface area (Å²) >= 11 is 0. The second-order valence-electron chi connectivity index (χ2n) is 6.23. The van der Waals surface area contributed by atoms with Crippen LogP contribution in [0, 0.1) is 23.0 Å². The summed E-state index contributed by atoms with van der Waals surface area (Å²) in [5, 5.41) is 14.9. The van der Waals surface area contributed by atoms with Gasteiger partial charge in [0.2, 0.25) is 0 Å². The normalized spacial score (nSPS) is 23.5. The third-order valence-corrected chi connectivity index (χ3v) is 4.95. The van der Waals surface area contributed by atoms with Crippen LogP contribution in [-0.4, -0.2) is 30.6 Å². The second kappa shape index (κ2) is 6.02. The first-order valence-corrected chi connectivity index (χ1v) is 7.89. The third kappa shape index (κ3) is 2.88. The summed E-state index contributed by atoms with van der Waals surface area (Å²) in [6, 6.07) is 6.29. The highest BCUT2D eigenvalue weighted by Crippen LogP contribution is 2.35. The van der Waals surface area contributed by atoms with E-state index in [1.54, 1.807) is 0 Å². The lowest BCUT2D eigenvalue weighted by Gasteiger charge is -2.36. The summed E-state index contributed by atoms with van der Waals surface area (Å²) in [5.74, 6) is 0.729. The molecule has 0 spiro atoms. The molecule has 3 rings (SSSR count). The van der Waals surface area contributed by atoms with E-state index in [-0.39, 0.29) is 10.6 Å². The van der Waals surface area contributed by atoms with Crippen LogP contribution < -0.4 is 10.2 Å². The minimum absolute atomic E-state index is 0.241. The van der Waals surface area contributed by atoms with Crippen molar-refractivity contribution in [2.45, 2.75) is 38.6 Å². The van der Waals surface area contributed by atoms with E-state index in [1.165, 1.54) is 12.8 Å². The summed E-state index contributed by atoms with van der Waals surface area (Å²) in [6.07, 6.45) is 4.83. The number of anilines is 1. The van der Waals surface area contributed by atoms with Crippen molar-refractivity contribution >= 4 is 11.4 Å².